The first kappa shape index (κ1) is 15.2. The van der Waals surface area contributed by atoms with Crippen molar-refractivity contribution in [3.8, 4) is 0 Å². The Labute approximate surface area is 153 Å². The standard InChI is InChI=1S/C20H21ClN4/c1-23-8-10-24(11-9-23)20-16-13-15(21)12-14-6-7-25(19(14)16)18-5-3-2-4-17(18)22-20/h2-5,12-13H,6-11H2,1H3. The second kappa shape index (κ2) is 5.75. The van der Waals surface area contributed by atoms with Crippen LogP contribution in [0.5, 0.6) is 0 Å². The summed E-state index contributed by atoms with van der Waals surface area (Å²) in [5.41, 5.74) is 6.07. The Morgan fingerprint density at radius 2 is 1.80 bits per heavy atom. The van der Waals surface area contributed by atoms with Crippen LogP contribution >= 0.6 is 11.6 Å². The fourth-order valence-electron chi connectivity index (χ4n) is 4.14. The van der Waals surface area contributed by atoms with E-state index >= 15 is 0 Å². The number of nitrogens with zero attached hydrogens (tertiary/aromatic N) is 4. The van der Waals surface area contributed by atoms with Crippen molar-refractivity contribution in [2.45, 2.75) is 6.42 Å². The van der Waals surface area contributed by atoms with E-state index < -0.39 is 0 Å². The molecule has 2 aromatic carbocycles. The summed E-state index contributed by atoms with van der Waals surface area (Å²) < 4.78 is 0. The number of piperazine rings is 1. The third-order valence-corrected chi connectivity index (χ3v) is 5.69. The van der Waals surface area contributed by atoms with Crippen LogP contribution in [-0.2, 0) is 6.42 Å². The summed E-state index contributed by atoms with van der Waals surface area (Å²) in [5, 5.41) is 0.809. The zero-order valence-corrected chi connectivity index (χ0v) is 15.1. The maximum Gasteiger partial charge on any atom is 0.138 e. The number of anilines is 2. The number of likely N-dealkylation sites (N-methyl/N-ethyl adjacent to an activating group) is 1. The van der Waals surface area contributed by atoms with Crippen LogP contribution in [0, 0.1) is 0 Å². The van der Waals surface area contributed by atoms with Gasteiger partial charge in [-0.1, -0.05) is 23.7 Å². The number of hydrogen-bond acceptors (Lipinski definition) is 4. The second-order valence-corrected chi connectivity index (χ2v) is 7.51. The van der Waals surface area contributed by atoms with Gasteiger partial charge >= 0.3 is 0 Å². The van der Waals surface area contributed by atoms with Gasteiger partial charge in [-0.05, 0) is 43.3 Å². The molecule has 3 heterocycles. The van der Waals surface area contributed by atoms with Crippen molar-refractivity contribution in [1.82, 2.24) is 9.80 Å². The highest BCUT2D eigenvalue weighted by Crippen LogP contribution is 2.45. The van der Waals surface area contributed by atoms with Crippen LogP contribution < -0.4 is 4.90 Å². The quantitative estimate of drug-likeness (QED) is 0.722. The summed E-state index contributed by atoms with van der Waals surface area (Å²) in [5.74, 6) is 1.07. The summed E-state index contributed by atoms with van der Waals surface area (Å²) in [6, 6.07) is 12.7. The van der Waals surface area contributed by atoms with Crippen molar-refractivity contribution in [3.63, 3.8) is 0 Å². The van der Waals surface area contributed by atoms with Gasteiger partial charge in [-0.15, -0.1) is 0 Å². The first-order valence-electron chi connectivity index (χ1n) is 8.92. The predicted octanol–water partition coefficient (Wildman–Crippen LogP) is 3.67. The number of fused-ring (bicyclic) bond motifs is 2. The molecule has 0 aliphatic carbocycles. The molecule has 0 atom stereocenters. The van der Waals surface area contributed by atoms with Crippen molar-refractivity contribution in [1.29, 1.82) is 0 Å². The molecule has 5 rings (SSSR count). The lowest BCUT2D eigenvalue weighted by atomic mass is 10.1. The van der Waals surface area contributed by atoms with Crippen LogP contribution in [0.1, 0.15) is 11.1 Å². The molecule has 0 radical (unpaired) electrons. The Bertz CT molecular complexity index is 868. The molecule has 2 aromatic rings. The Morgan fingerprint density at radius 3 is 2.64 bits per heavy atom. The second-order valence-electron chi connectivity index (χ2n) is 7.08. The summed E-state index contributed by atoms with van der Waals surface area (Å²) in [4.78, 5) is 12.3. The van der Waals surface area contributed by atoms with Crippen molar-refractivity contribution >= 4 is 34.5 Å². The molecule has 128 valence electrons. The number of amidine groups is 1. The van der Waals surface area contributed by atoms with Gasteiger partial charge < -0.3 is 14.7 Å². The number of halogens is 1. The van der Waals surface area contributed by atoms with Crippen LogP contribution in [0.4, 0.5) is 17.1 Å². The number of rotatable bonds is 0. The van der Waals surface area contributed by atoms with Gasteiger partial charge in [0.05, 0.1) is 17.1 Å². The highest BCUT2D eigenvalue weighted by Gasteiger charge is 2.32. The third-order valence-electron chi connectivity index (χ3n) is 5.47. The number of benzene rings is 2. The zero-order chi connectivity index (χ0) is 17.0. The molecule has 0 unspecified atom stereocenters. The largest absolute Gasteiger partial charge is 0.353 e. The Hall–Kier alpha value is -2.04. The molecule has 0 saturated carbocycles. The van der Waals surface area contributed by atoms with Crippen LogP contribution in [0.25, 0.3) is 0 Å². The molecule has 25 heavy (non-hydrogen) atoms. The molecule has 3 aliphatic rings. The van der Waals surface area contributed by atoms with Gasteiger partial charge in [-0.25, -0.2) is 4.99 Å². The third kappa shape index (κ3) is 2.43. The van der Waals surface area contributed by atoms with E-state index in [1.165, 1.54) is 22.5 Å². The minimum absolute atomic E-state index is 0.809. The van der Waals surface area contributed by atoms with Crippen LogP contribution in [-0.4, -0.2) is 55.4 Å². The lowest BCUT2D eigenvalue weighted by Crippen LogP contribution is -2.47. The average molecular weight is 353 g/mol. The van der Waals surface area contributed by atoms with Crippen LogP contribution in [0.15, 0.2) is 41.4 Å². The van der Waals surface area contributed by atoms with Crippen LogP contribution in [0.3, 0.4) is 0 Å². The van der Waals surface area contributed by atoms with Gasteiger partial charge in [0.2, 0.25) is 0 Å². The highest BCUT2D eigenvalue weighted by atomic mass is 35.5. The number of hydrogen-bond donors (Lipinski definition) is 0. The van der Waals surface area contributed by atoms with E-state index in [9.17, 15) is 0 Å². The molecular weight excluding hydrogens is 332 g/mol. The van der Waals surface area contributed by atoms with E-state index in [1.807, 2.05) is 0 Å². The topological polar surface area (TPSA) is 22.1 Å². The van der Waals surface area contributed by atoms with E-state index in [0.29, 0.717) is 0 Å². The molecule has 1 fully saturated rings. The summed E-state index contributed by atoms with van der Waals surface area (Å²) >= 11 is 6.47. The van der Waals surface area contributed by atoms with Crippen molar-refractivity contribution < 1.29 is 0 Å². The number of aliphatic imine (C=N–C) groups is 1. The van der Waals surface area contributed by atoms with Gasteiger partial charge in [0.1, 0.15) is 5.84 Å². The predicted molar refractivity (Wildman–Crippen MR) is 104 cm³/mol. The van der Waals surface area contributed by atoms with Crippen molar-refractivity contribution in [3.05, 3.63) is 52.5 Å². The fraction of sp³-hybridized carbons (Fsp3) is 0.350. The van der Waals surface area contributed by atoms with Gasteiger partial charge in [-0.3, -0.25) is 0 Å². The molecule has 0 spiro atoms. The fourth-order valence-corrected chi connectivity index (χ4v) is 4.38. The first-order valence-corrected chi connectivity index (χ1v) is 9.30. The lowest BCUT2D eigenvalue weighted by molar-refractivity contribution is 0.216. The number of para-hydroxylation sites is 2. The van der Waals surface area contributed by atoms with Crippen molar-refractivity contribution in [2.24, 2.45) is 4.99 Å². The molecule has 3 aliphatic heterocycles. The summed E-state index contributed by atoms with van der Waals surface area (Å²) in [7, 11) is 2.18. The zero-order valence-electron chi connectivity index (χ0n) is 14.4. The normalized spacial score (nSPS) is 19.4. The molecule has 5 heteroatoms. The van der Waals surface area contributed by atoms with Gasteiger partial charge in [0.15, 0.2) is 0 Å². The molecule has 1 saturated heterocycles. The lowest BCUT2D eigenvalue weighted by Gasteiger charge is -2.35. The SMILES string of the molecule is CN1CCN(C2=Nc3ccccc3N3CCc4cc(Cl)cc2c43)CC1. The summed E-state index contributed by atoms with van der Waals surface area (Å²) in [6.45, 7) is 5.11. The Balaban J connectivity index is 1.72. The van der Waals surface area contributed by atoms with E-state index in [1.54, 1.807) is 0 Å². The monoisotopic (exact) mass is 352 g/mol. The molecule has 0 aromatic heterocycles. The van der Waals surface area contributed by atoms with Gasteiger partial charge in [-0.2, -0.15) is 0 Å². The minimum atomic E-state index is 0.809. The molecular formula is C20H21ClN4. The van der Waals surface area contributed by atoms with Gasteiger partial charge in [0, 0.05) is 43.3 Å². The molecule has 0 bridgehead atoms. The van der Waals surface area contributed by atoms with Crippen LogP contribution in [0.2, 0.25) is 5.02 Å². The molecule has 0 N–H and O–H groups in total. The average Bonchev–Trinajstić information content (AvgIpc) is 2.97. The van der Waals surface area contributed by atoms with Gasteiger partial charge in [0.25, 0.3) is 0 Å². The van der Waals surface area contributed by atoms with E-state index in [4.69, 9.17) is 16.6 Å². The highest BCUT2D eigenvalue weighted by molar-refractivity contribution is 6.31. The van der Waals surface area contributed by atoms with E-state index in [0.717, 1.165) is 55.7 Å². The Morgan fingerprint density at radius 1 is 1.00 bits per heavy atom. The Kier molecular flexibility index (Phi) is 3.50. The van der Waals surface area contributed by atoms with E-state index in [-0.39, 0.29) is 0 Å². The summed E-state index contributed by atoms with van der Waals surface area (Å²) in [6.07, 6.45) is 1.03. The molecule has 0 amide bonds. The van der Waals surface area contributed by atoms with Crippen molar-refractivity contribution in [2.75, 3.05) is 44.7 Å². The minimum Gasteiger partial charge on any atom is -0.353 e. The molecule has 4 nitrogen and oxygen atoms in total. The maximum absolute atomic E-state index is 6.47. The smallest absolute Gasteiger partial charge is 0.138 e. The van der Waals surface area contributed by atoms with E-state index in [2.05, 4.69) is 58.1 Å². The first-order chi connectivity index (χ1) is 12.2. The maximum atomic E-state index is 6.47.